The van der Waals surface area contributed by atoms with Crippen molar-refractivity contribution in [1.82, 2.24) is 9.88 Å². The molecule has 1 heterocycles. The number of hydrogen-bond acceptors (Lipinski definition) is 4. The summed E-state index contributed by atoms with van der Waals surface area (Å²) in [5.74, 6) is 1.87. The monoisotopic (exact) mass is 354 g/mol. The molecule has 1 amide bonds. The third-order valence-electron chi connectivity index (χ3n) is 4.34. The number of amides is 1. The number of nitrogens with zero attached hydrogens (tertiary/aromatic N) is 1. The summed E-state index contributed by atoms with van der Waals surface area (Å²) < 4.78 is 17.7. The van der Waals surface area contributed by atoms with Crippen molar-refractivity contribution in [1.29, 1.82) is 0 Å². The first-order valence-corrected chi connectivity index (χ1v) is 8.19. The first-order valence-electron chi connectivity index (χ1n) is 8.19. The molecule has 2 aromatic carbocycles. The lowest BCUT2D eigenvalue weighted by Gasteiger charge is -2.10. The minimum absolute atomic E-state index is 0.140. The number of benzene rings is 2. The van der Waals surface area contributed by atoms with Crippen LogP contribution in [-0.2, 0) is 13.6 Å². The van der Waals surface area contributed by atoms with Crippen molar-refractivity contribution in [3.05, 3.63) is 53.7 Å². The molecule has 6 heteroatoms. The van der Waals surface area contributed by atoms with Gasteiger partial charge in [-0.1, -0.05) is 6.07 Å². The minimum atomic E-state index is -0.140. The Hall–Kier alpha value is -3.15. The molecule has 136 valence electrons. The zero-order valence-corrected chi connectivity index (χ0v) is 15.3. The normalized spacial score (nSPS) is 10.6. The predicted octanol–water partition coefficient (Wildman–Crippen LogP) is 3.13. The molecule has 6 nitrogen and oxygen atoms in total. The molecular weight excluding hydrogens is 332 g/mol. The Labute approximate surface area is 152 Å². The number of nitrogens with one attached hydrogen (secondary N) is 1. The largest absolute Gasteiger partial charge is 0.497 e. The van der Waals surface area contributed by atoms with Gasteiger partial charge in [0.05, 0.1) is 26.9 Å². The van der Waals surface area contributed by atoms with Gasteiger partial charge in [-0.2, -0.15) is 0 Å². The van der Waals surface area contributed by atoms with E-state index < -0.39 is 0 Å². The Morgan fingerprint density at radius 2 is 1.77 bits per heavy atom. The van der Waals surface area contributed by atoms with Crippen molar-refractivity contribution in [3.63, 3.8) is 0 Å². The molecule has 0 aliphatic carbocycles. The van der Waals surface area contributed by atoms with Gasteiger partial charge in [0.15, 0.2) is 11.5 Å². The molecule has 0 unspecified atom stereocenters. The number of ether oxygens (including phenoxy) is 3. The van der Waals surface area contributed by atoms with Crippen molar-refractivity contribution in [3.8, 4) is 17.2 Å². The summed E-state index contributed by atoms with van der Waals surface area (Å²) in [5, 5.41) is 3.82. The first kappa shape index (κ1) is 17.7. The minimum Gasteiger partial charge on any atom is -0.497 e. The fourth-order valence-electron chi connectivity index (χ4n) is 2.95. The van der Waals surface area contributed by atoms with Crippen molar-refractivity contribution < 1.29 is 19.0 Å². The SMILES string of the molecule is COc1ccc2c(c1)c(C(=O)NCc1ccc(OC)c(OC)c1)cn2C. The van der Waals surface area contributed by atoms with E-state index in [1.165, 1.54) is 0 Å². The highest BCUT2D eigenvalue weighted by Gasteiger charge is 2.15. The van der Waals surface area contributed by atoms with Crippen molar-refractivity contribution in [2.45, 2.75) is 6.54 Å². The number of rotatable bonds is 6. The van der Waals surface area contributed by atoms with Gasteiger partial charge in [0, 0.05) is 30.7 Å². The highest BCUT2D eigenvalue weighted by atomic mass is 16.5. The summed E-state index contributed by atoms with van der Waals surface area (Å²) in [6.07, 6.45) is 1.83. The van der Waals surface area contributed by atoms with Crippen molar-refractivity contribution in [2.24, 2.45) is 7.05 Å². The topological polar surface area (TPSA) is 61.7 Å². The van der Waals surface area contributed by atoms with Crippen LogP contribution in [0.4, 0.5) is 0 Å². The van der Waals surface area contributed by atoms with Crippen LogP contribution in [0.2, 0.25) is 0 Å². The summed E-state index contributed by atoms with van der Waals surface area (Å²) in [6, 6.07) is 11.3. The fourth-order valence-corrected chi connectivity index (χ4v) is 2.95. The predicted molar refractivity (Wildman–Crippen MR) is 100 cm³/mol. The van der Waals surface area contributed by atoms with E-state index in [0.717, 1.165) is 22.2 Å². The highest BCUT2D eigenvalue weighted by Crippen LogP contribution is 2.28. The molecule has 0 saturated carbocycles. The molecule has 0 aliphatic heterocycles. The number of aryl methyl sites for hydroxylation is 1. The van der Waals surface area contributed by atoms with Crippen LogP contribution in [0.1, 0.15) is 15.9 Å². The van der Waals surface area contributed by atoms with E-state index in [1.807, 2.05) is 54.2 Å². The second kappa shape index (κ2) is 7.39. The van der Waals surface area contributed by atoms with Gasteiger partial charge in [0.2, 0.25) is 0 Å². The average molecular weight is 354 g/mol. The van der Waals surface area contributed by atoms with Gasteiger partial charge < -0.3 is 24.1 Å². The van der Waals surface area contributed by atoms with Crippen LogP contribution in [0.3, 0.4) is 0 Å². The Balaban J connectivity index is 1.81. The van der Waals surface area contributed by atoms with Gasteiger partial charge in [0.25, 0.3) is 5.91 Å². The van der Waals surface area contributed by atoms with Gasteiger partial charge >= 0.3 is 0 Å². The van der Waals surface area contributed by atoms with Crippen molar-refractivity contribution in [2.75, 3.05) is 21.3 Å². The van der Waals surface area contributed by atoms with Crippen LogP contribution >= 0.6 is 0 Å². The second-order valence-corrected chi connectivity index (χ2v) is 5.91. The molecule has 0 saturated heterocycles. The third-order valence-corrected chi connectivity index (χ3v) is 4.34. The summed E-state index contributed by atoms with van der Waals surface area (Å²) in [6.45, 7) is 0.388. The van der Waals surface area contributed by atoms with E-state index in [1.54, 1.807) is 21.3 Å². The number of hydrogen-bond donors (Lipinski definition) is 1. The smallest absolute Gasteiger partial charge is 0.253 e. The van der Waals surface area contributed by atoms with Crippen LogP contribution in [0.15, 0.2) is 42.6 Å². The van der Waals surface area contributed by atoms with Gasteiger partial charge in [-0.05, 0) is 35.9 Å². The zero-order chi connectivity index (χ0) is 18.7. The maximum absolute atomic E-state index is 12.7. The lowest BCUT2D eigenvalue weighted by atomic mass is 10.1. The Morgan fingerprint density at radius 1 is 1.00 bits per heavy atom. The van der Waals surface area contributed by atoms with Gasteiger partial charge in [-0.3, -0.25) is 4.79 Å². The molecular formula is C20H22N2O4. The number of methoxy groups -OCH3 is 3. The van der Waals surface area contributed by atoms with E-state index in [4.69, 9.17) is 14.2 Å². The fraction of sp³-hybridized carbons (Fsp3) is 0.250. The average Bonchev–Trinajstić information content (AvgIpc) is 3.01. The van der Waals surface area contributed by atoms with E-state index in [9.17, 15) is 4.79 Å². The molecule has 0 radical (unpaired) electrons. The van der Waals surface area contributed by atoms with E-state index in [0.29, 0.717) is 23.6 Å². The summed E-state index contributed by atoms with van der Waals surface area (Å²) in [7, 11) is 6.71. The molecule has 3 rings (SSSR count). The summed E-state index contributed by atoms with van der Waals surface area (Å²) in [5.41, 5.74) is 2.51. The van der Waals surface area contributed by atoms with Crippen molar-refractivity contribution >= 4 is 16.8 Å². The zero-order valence-electron chi connectivity index (χ0n) is 15.3. The maximum atomic E-state index is 12.7. The first-order chi connectivity index (χ1) is 12.6. The molecule has 0 bridgehead atoms. The summed E-state index contributed by atoms with van der Waals surface area (Å²) >= 11 is 0. The molecule has 0 spiro atoms. The molecule has 3 aromatic rings. The lowest BCUT2D eigenvalue weighted by Crippen LogP contribution is -2.22. The Bertz CT molecular complexity index is 946. The molecule has 0 atom stereocenters. The number of fused-ring (bicyclic) bond motifs is 1. The highest BCUT2D eigenvalue weighted by molar-refractivity contribution is 6.07. The number of aromatic nitrogens is 1. The van der Waals surface area contributed by atoms with Crippen LogP contribution < -0.4 is 19.5 Å². The molecule has 1 N–H and O–H groups in total. The van der Waals surface area contributed by atoms with Crippen LogP contribution in [0.5, 0.6) is 17.2 Å². The summed E-state index contributed by atoms with van der Waals surface area (Å²) in [4.78, 5) is 12.7. The molecule has 26 heavy (non-hydrogen) atoms. The van der Waals surface area contributed by atoms with Gasteiger partial charge in [-0.15, -0.1) is 0 Å². The van der Waals surface area contributed by atoms with E-state index in [-0.39, 0.29) is 5.91 Å². The Morgan fingerprint density at radius 3 is 2.46 bits per heavy atom. The molecule has 0 aliphatic rings. The Kier molecular flexibility index (Phi) is 5.02. The van der Waals surface area contributed by atoms with E-state index >= 15 is 0 Å². The number of carbonyl (C=O) groups excluding carboxylic acids is 1. The van der Waals surface area contributed by atoms with E-state index in [2.05, 4.69) is 5.32 Å². The molecule has 0 fully saturated rings. The molecule has 1 aromatic heterocycles. The van der Waals surface area contributed by atoms with Crippen LogP contribution in [0, 0.1) is 0 Å². The van der Waals surface area contributed by atoms with Gasteiger partial charge in [0.1, 0.15) is 5.75 Å². The maximum Gasteiger partial charge on any atom is 0.253 e. The number of carbonyl (C=O) groups is 1. The lowest BCUT2D eigenvalue weighted by molar-refractivity contribution is 0.0952. The third kappa shape index (κ3) is 3.31. The standard InChI is InChI=1S/C20H22N2O4/c1-22-12-16(15-10-14(24-2)6-7-17(15)22)20(23)21-11-13-5-8-18(25-3)19(9-13)26-4/h5-10,12H,11H2,1-4H3,(H,21,23). The van der Waals surface area contributed by atoms with Crippen LogP contribution in [0.25, 0.3) is 10.9 Å². The van der Waals surface area contributed by atoms with Crippen LogP contribution in [-0.4, -0.2) is 31.8 Å². The van der Waals surface area contributed by atoms with Gasteiger partial charge in [-0.25, -0.2) is 0 Å². The quantitative estimate of drug-likeness (QED) is 0.739. The second-order valence-electron chi connectivity index (χ2n) is 5.91.